The summed E-state index contributed by atoms with van der Waals surface area (Å²) < 4.78 is 26.4. The van der Waals surface area contributed by atoms with E-state index in [0.29, 0.717) is 23.8 Å². The molecule has 3 rings (SSSR count). The van der Waals surface area contributed by atoms with E-state index in [1.807, 2.05) is 6.07 Å². The molecule has 0 unspecified atom stereocenters. The molecule has 2 aromatic carbocycles. The summed E-state index contributed by atoms with van der Waals surface area (Å²) in [6.45, 7) is 1.21. The molecule has 0 aliphatic carbocycles. The lowest BCUT2D eigenvalue weighted by Crippen LogP contribution is -2.27. The van der Waals surface area contributed by atoms with E-state index in [0.717, 1.165) is 18.5 Å². The molecule has 0 aromatic heterocycles. The lowest BCUT2D eigenvalue weighted by molar-refractivity contribution is -0.114. The van der Waals surface area contributed by atoms with Gasteiger partial charge in [-0.05, 0) is 55.3 Å². The van der Waals surface area contributed by atoms with E-state index in [2.05, 4.69) is 10.6 Å². The second-order valence-corrected chi connectivity index (χ2v) is 8.42. The fourth-order valence-corrected chi connectivity index (χ4v) is 4.48. The Morgan fingerprint density at radius 2 is 1.73 bits per heavy atom. The first-order valence-electron chi connectivity index (χ1n) is 8.35. The number of nitrogens with one attached hydrogen (secondary N) is 2. The van der Waals surface area contributed by atoms with Gasteiger partial charge in [-0.2, -0.15) is 4.31 Å². The van der Waals surface area contributed by atoms with E-state index in [1.54, 1.807) is 30.3 Å². The molecule has 1 fully saturated rings. The monoisotopic (exact) mass is 393 g/mol. The minimum absolute atomic E-state index is 0.0775. The van der Waals surface area contributed by atoms with Gasteiger partial charge in [0, 0.05) is 29.5 Å². The smallest absolute Gasteiger partial charge is 0.243 e. The van der Waals surface area contributed by atoms with Crippen LogP contribution < -0.4 is 10.6 Å². The number of benzene rings is 2. The first kappa shape index (κ1) is 18.7. The van der Waals surface area contributed by atoms with E-state index in [1.165, 1.54) is 16.4 Å². The third-order valence-corrected chi connectivity index (χ3v) is 6.27. The Hall–Kier alpha value is -2.09. The van der Waals surface area contributed by atoms with Crippen molar-refractivity contribution in [3.05, 3.63) is 53.6 Å². The van der Waals surface area contributed by atoms with Crippen LogP contribution >= 0.6 is 11.6 Å². The fourth-order valence-electron chi connectivity index (χ4n) is 2.77. The number of nitrogens with zero attached hydrogens (tertiary/aromatic N) is 1. The third-order valence-electron chi connectivity index (χ3n) is 4.12. The second-order valence-electron chi connectivity index (χ2n) is 6.05. The Labute approximate surface area is 158 Å². The number of rotatable bonds is 6. The average molecular weight is 394 g/mol. The summed E-state index contributed by atoms with van der Waals surface area (Å²) in [5.74, 6) is -0.236. The summed E-state index contributed by atoms with van der Waals surface area (Å²) in [5, 5.41) is 6.30. The number of sulfonamides is 1. The zero-order valence-corrected chi connectivity index (χ0v) is 15.7. The van der Waals surface area contributed by atoms with Crippen LogP contribution in [0.4, 0.5) is 11.4 Å². The Balaban J connectivity index is 1.57. The average Bonchev–Trinajstić information content (AvgIpc) is 3.16. The number of anilines is 2. The molecule has 1 saturated heterocycles. The summed E-state index contributed by atoms with van der Waals surface area (Å²) in [6.07, 6.45) is 1.79. The first-order valence-corrected chi connectivity index (χ1v) is 10.2. The topological polar surface area (TPSA) is 78.5 Å². The maximum Gasteiger partial charge on any atom is 0.243 e. The van der Waals surface area contributed by atoms with Gasteiger partial charge in [0.05, 0.1) is 11.4 Å². The SMILES string of the molecule is O=C(CNc1cccc(Cl)c1)Nc1ccc(S(=O)(=O)N2CCCC2)cc1. The normalized spacial score (nSPS) is 15.0. The lowest BCUT2D eigenvalue weighted by Gasteiger charge is -2.15. The molecular weight excluding hydrogens is 374 g/mol. The van der Waals surface area contributed by atoms with Gasteiger partial charge < -0.3 is 10.6 Å². The molecule has 2 aromatic rings. The molecule has 26 heavy (non-hydrogen) atoms. The molecule has 8 heteroatoms. The van der Waals surface area contributed by atoms with Crippen molar-refractivity contribution in [3.63, 3.8) is 0 Å². The quantitative estimate of drug-likeness (QED) is 0.790. The minimum Gasteiger partial charge on any atom is -0.376 e. The molecule has 0 spiro atoms. The van der Waals surface area contributed by atoms with Gasteiger partial charge in [-0.15, -0.1) is 0 Å². The molecule has 138 valence electrons. The molecule has 0 radical (unpaired) electrons. The molecular formula is C18H20ClN3O3S. The van der Waals surface area contributed by atoms with E-state index >= 15 is 0 Å². The van der Waals surface area contributed by atoms with E-state index < -0.39 is 10.0 Å². The van der Waals surface area contributed by atoms with Gasteiger partial charge in [0.15, 0.2) is 0 Å². The molecule has 0 atom stereocenters. The first-order chi connectivity index (χ1) is 12.4. The van der Waals surface area contributed by atoms with E-state index in [-0.39, 0.29) is 17.3 Å². The highest BCUT2D eigenvalue weighted by Crippen LogP contribution is 2.22. The minimum atomic E-state index is -3.44. The molecule has 2 N–H and O–H groups in total. The number of hydrogen-bond donors (Lipinski definition) is 2. The Morgan fingerprint density at radius 3 is 2.38 bits per heavy atom. The molecule has 6 nitrogen and oxygen atoms in total. The molecule has 1 amide bonds. The van der Waals surface area contributed by atoms with Gasteiger partial charge in [-0.1, -0.05) is 17.7 Å². The zero-order chi connectivity index (χ0) is 18.6. The van der Waals surface area contributed by atoms with E-state index in [9.17, 15) is 13.2 Å². The maximum absolute atomic E-state index is 12.5. The standard InChI is InChI=1S/C18H20ClN3O3S/c19-14-4-3-5-16(12-14)20-13-18(23)21-15-6-8-17(9-7-15)26(24,25)22-10-1-2-11-22/h3-9,12,20H,1-2,10-11,13H2,(H,21,23). The van der Waals surface area contributed by atoms with E-state index in [4.69, 9.17) is 11.6 Å². The summed E-state index contributed by atoms with van der Waals surface area (Å²) in [4.78, 5) is 12.3. The van der Waals surface area contributed by atoms with Gasteiger partial charge in [0.2, 0.25) is 15.9 Å². The Kier molecular flexibility index (Phi) is 5.80. The van der Waals surface area contributed by atoms with Crippen molar-refractivity contribution < 1.29 is 13.2 Å². The Morgan fingerprint density at radius 1 is 1.04 bits per heavy atom. The van der Waals surface area contributed by atoms with Crippen molar-refractivity contribution in [1.82, 2.24) is 4.31 Å². The summed E-state index contributed by atoms with van der Waals surface area (Å²) in [7, 11) is -3.44. The third kappa shape index (κ3) is 4.55. The highest BCUT2D eigenvalue weighted by atomic mass is 35.5. The van der Waals surface area contributed by atoms with Crippen molar-refractivity contribution in [2.45, 2.75) is 17.7 Å². The summed E-state index contributed by atoms with van der Waals surface area (Å²) in [5.41, 5.74) is 1.29. The van der Waals surface area contributed by atoms with Crippen LogP contribution in [0.25, 0.3) is 0 Å². The van der Waals surface area contributed by atoms with Crippen molar-refractivity contribution >= 4 is 38.9 Å². The van der Waals surface area contributed by atoms with Crippen LogP contribution in [0.2, 0.25) is 5.02 Å². The van der Waals surface area contributed by atoms with Crippen molar-refractivity contribution in [3.8, 4) is 0 Å². The summed E-state index contributed by atoms with van der Waals surface area (Å²) in [6, 6.07) is 13.3. The zero-order valence-electron chi connectivity index (χ0n) is 14.1. The van der Waals surface area contributed by atoms with Crippen LogP contribution in [0.15, 0.2) is 53.4 Å². The van der Waals surface area contributed by atoms with Gasteiger partial charge in [-0.3, -0.25) is 4.79 Å². The Bertz CT molecular complexity index is 879. The molecule has 1 heterocycles. The maximum atomic E-state index is 12.5. The number of carbonyl (C=O) groups excluding carboxylic acids is 1. The molecule has 1 aliphatic heterocycles. The van der Waals surface area contributed by atoms with Crippen LogP contribution in [-0.2, 0) is 14.8 Å². The van der Waals surface area contributed by atoms with Crippen molar-refractivity contribution in [2.24, 2.45) is 0 Å². The highest BCUT2D eigenvalue weighted by Gasteiger charge is 2.26. The van der Waals surface area contributed by atoms with Crippen LogP contribution in [0.5, 0.6) is 0 Å². The predicted octanol–water partition coefficient (Wildman–Crippen LogP) is 3.18. The molecule has 0 saturated carbocycles. The van der Waals surface area contributed by atoms with Gasteiger partial charge in [0.25, 0.3) is 0 Å². The van der Waals surface area contributed by atoms with Crippen molar-refractivity contribution in [1.29, 1.82) is 0 Å². The summed E-state index contributed by atoms with van der Waals surface area (Å²) >= 11 is 5.90. The fraction of sp³-hybridized carbons (Fsp3) is 0.278. The number of hydrogen-bond acceptors (Lipinski definition) is 4. The van der Waals surface area contributed by atoms with Crippen LogP contribution in [0.1, 0.15) is 12.8 Å². The number of amides is 1. The van der Waals surface area contributed by atoms with Gasteiger partial charge in [-0.25, -0.2) is 8.42 Å². The van der Waals surface area contributed by atoms with Gasteiger partial charge >= 0.3 is 0 Å². The molecule has 1 aliphatic rings. The van der Waals surface area contributed by atoms with Crippen LogP contribution in [0, 0.1) is 0 Å². The highest BCUT2D eigenvalue weighted by molar-refractivity contribution is 7.89. The van der Waals surface area contributed by atoms with Crippen molar-refractivity contribution in [2.75, 3.05) is 30.3 Å². The van der Waals surface area contributed by atoms with Crippen LogP contribution in [-0.4, -0.2) is 38.3 Å². The second kappa shape index (κ2) is 8.07. The number of carbonyl (C=O) groups is 1. The largest absolute Gasteiger partial charge is 0.376 e. The van der Waals surface area contributed by atoms with Crippen LogP contribution in [0.3, 0.4) is 0 Å². The number of halogens is 1. The molecule has 0 bridgehead atoms. The predicted molar refractivity (Wildman–Crippen MR) is 103 cm³/mol. The van der Waals surface area contributed by atoms with Gasteiger partial charge in [0.1, 0.15) is 0 Å². The lowest BCUT2D eigenvalue weighted by atomic mass is 10.3.